The molecule has 0 spiro atoms. The van der Waals surface area contributed by atoms with Gasteiger partial charge in [0.15, 0.2) is 0 Å². The van der Waals surface area contributed by atoms with Crippen molar-refractivity contribution in [3.63, 3.8) is 0 Å². The first-order valence-electron chi connectivity index (χ1n) is 7.43. The van der Waals surface area contributed by atoms with Crippen molar-refractivity contribution in [2.75, 3.05) is 19.7 Å². The molecule has 0 unspecified atom stereocenters. The van der Waals surface area contributed by atoms with Crippen LogP contribution in [0.5, 0.6) is 5.75 Å². The van der Waals surface area contributed by atoms with Gasteiger partial charge in [-0.15, -0.1) is 0 Å². The zero-order valence-electron chi connectivity index (χ0n) is 12.7. The molecular formula is C16H21ClN2O3. The Morgan fingerprint density at radius 1 is 1.45 bits per heavy atom. The fourth-order valence-corrected chi connectivity index (χ4v) is 2.78. The van der Waals surface area contributed by atoms with E-state index in [1.54, 1.807) is 11.0 Å². The third-order valence-corrected chi connectivity index (χ3v) is 4.11. The summed E-state index contributed by atoms with van der Waals surface area (Å²) in [6, 6.07) is 5.46. The molecule has 1 aliphatic rings. The number of primary amides is 1. The molecule has 6 heteroatoms. The Hall–Kier alpha value is -1.75. The van der Waals surface area contributed by atoms with Crippen LogP contribution >= 0.6 is 11.6 Å². The lowest BCUT2D eigenvalue weighted by Crippen LogP contribution is -2.31. The van der Waals surface area contributed by atoms with E-state index in [0.717, 1.165) is 11.3 Å². The molecule has 0 aromatic heterocycles. The van der Waals surface area contributed by atoms with E-state index < -0.39 is 0 Å². The highest BCUT2D eigenvalue weighted by atomic mass is 35.5. The van der Waals surface area contributed by atoms with Crippen molar-refractivity contribution in [2.45, 2.75) is 26.2 Å². The number of ether oxygens (including phenoxy) is 1. The Bertz CT molecular complexity index is 562. The number of likely N-dealkylation sites (tertiary alicyclic amines) is 1. The minimum Gasteiger partial charge on any atom is -0.493 e. The summed E-state index contributed by atoms with van der Waals surface area (Å²) in [6.45, 7) is 3.47. The van der Waals surface area contributed by atoms with Crippen LogP contribution in [0.3, 0.4) is 0 Å². The second-order valence-corrected chi connectivity index (χ2v) is 6.03. The molecule has 0 saturated carbocycles. The van der Waals surface area contributed by atoms with Crippen LogP contribution in [0, 0.1) is 12.8 Å². The van der Waals surface area contributed by atoms with Crippen LogP contribution in [0.2, 0.25) is 5.02 Å². The smallest absolute Gasteiger partial charge is 0.222 e. The maximum absolute atomic E-state index is 12.0. The first-order chi connectivity index (χ1) is 10.5. The van der Waals surface area contributed by atoms with Gasteiger partial charge < -0.3 is 15.4 Å². The number of nitrogens with two attached hydrogens (primary N) is 1. The van der Waals surface area contributed by atoms with Gasteiger partial charge in [-0.05, 0) is 43.5 Å². The Morgan fingerprint density at radius 3 is 2.86 bits per heavy atom. The summed E-state index contributed by atoms with van der Waals surface area (Å²) < 4.78 is 5.66. The molecule has 1 saturated heterocycles. The molecule has 1 fully saturated rings. The van der Waals surface area contributed by atoms with Crippen LogP contribution in [0.1, 0.15) is 24.8 Å². The minimum absolute atomic E-state index is 0.0557. The molecule has 1 aliphatic heterocycles. The SMILES string of the molecule is Cc1cc(Cl)ccc1OCCCC(=O)N1CC[C@H](C(N)=O)C1. The Balaban J connectivity index is 1.70. The number of aryl methyl sites for hydroxylation is 1. The van der Waals surface area contributed by atoms with Gasteiger partial charge in [0.1, 0.15) is 5.75 Å². The average Bonchev–Trinajstić information content (AvgIpc) is 2.95. The molecule has 2 N–H and O–H groups in total. The highest BCUT2D eigenvalue weighted by molar-refractivity contribution is 6.30. The lowest BCUT2D eigenvalue weighted by Gasteiger charge is -2.16. The molecule has 0 aliphatic carbocycles. The Kier molecular flexibility index (Phi) is 5.66. The van der Waals surface area contributed by atoms with Crippen molar-refractivity contribution < 1.29 is 14.3 Å². The second kappa shape index (κ2) is 7.49. The zero-order valence-corrected chi connectivity index (χ0v) is 13.4. The fourth-order valence-electron chi connectivity index (χ4n) is 2.56. The summed E-state index contributed by atoms with van der Waals surface area (Å²) in [4.78, 5) is 24.8. The van der Waals surface area contributed by atoms with Crippen molar-refractivity contribution in [1.82, 2.24) is 4.90 Å². The van der Waals surface area contributed by atoms with Gasteiger partial charge in [0.25, 0.3) is 0 Å². The Labute approximate surface area is 135 Å². The van der Waals surface area contributed by atoms with Crippen LogP contribution in [-0.2, 0) is 9.59 Å². The predicted molar refractivity (Wildman–Crippen MR) is 84.8 cm³/mol. The van der Waals surface area contributed by atoms with Crippen molar-refractivity contribution in [3.8, 4) is 5.75 Å². The number of amides is 2. The van der Waals surface area contributed by atoms with Crippen LogP contribution in [0.25, 0.3) is 0 Å². The van der Waals surface area contributed by atoms with E-state index in [4.69, 9.17) is 22.1 Å². The largest absolute Gasteiger partial charge is 0.493 e. The number of hydrogen-bond donors (Lipinski definition) is 1. The van der Waals surface area contributed by atoms with Crippen molar-refractivity contribution in [3.05, 3.63) is 28.8 Å². The number of carbonyl (C=O) groups is 2. The maximum Gasteiger partial charge on any atom is 0.222 e. The van der Waals surface area contributed by atoms with Gasteiger partial charge in [-0.3, -0.25) is 9.59 Å². The van der Waals surface area contributed by atoms with E-state index in [2.05, 4.69) is 0 Å². The van der Waals surface area contributed by atoms with Crippen molar-refractivity contribution in [2.24, 2.45) is 11.7 Å². The Morgan fingerprint density at radius 2 is 2.23 bits per heavy atom. The average molecular weight is 325 g/mol. The monoisotopic (exact) mass is 324 g/mol. The van der Waals surface area contributed by atoms with E-state index in [9.17, 15) is 9.59 Å². The highest BCUT2D eigenvalue weighted by Gasteiger charge is 2.29. The number of hydrogen-bond acceptors (Lipinski definition) is 3. The van der Waals surface area contributed by atoms with E-state index in [1.165, 1.54) is 0 Å². The van der Waals surface area contributed by atoms with E-state index >= 15 is 0 Å². The molecule has 2 rings (SSSR count). The highest BCUT2D eigenvalue weighted by Crippen LogP contribution is 2.22. The van der Waals surface area contributed by atoms with Gasteiger partial charge in [0.2, 0.25) is 11.8 Å². The normalized spacial score (nSPS) is 17.5. The van der Waals surface area contributed by atoms with E-state index in [1.807, 2.05) is 19.1 Å². The molecule has 5 nitrogen and oxygen atoms in total. The third-order valence-electron chi connectivity index (χ3n) is 3.87. The van der Waals surface area contributed by atoms with E-state index in [-0.39, 0.29) is 17.7 Å². The standard InChI is InChI=1S/C16H21ClN2O3/c1-11-9-13(17)4-5-14(11)22-8-2-3-15(20)19-7-6-12(10-19)16(18)21/h4-5,9,12H,2-3,6-8,10H2,1H3,(H2,18,21)/t12-/m0/s1. The molecule has 1 aromatic rings. The van der Waals surface area contributed by atoms with E-state index in [0.29, 0.717) is 44.0 Å². The topological polar surface area (TPSA) is 72.6 Å². The number of nitrogens with zero attached hydrogens (tertiary/aromatic N) is 1. The summed E-state index contributed by atoms with van der Waals surface area (Å²) in [5, 5.41) is 0.679. The van der Waals surface area contributed by atoms with Crippen LogP contribution in [0.4, 0.5) is 0 Å². The minimum atomic E-state index is -0.322. The summed E-state index contributed by atoms with van der Waals surface area (Å²) in [5.41, 5.74) is 6.24. The van der Waals surface area contributed by atoms with Gasteiger partial charge in [-0.1, -0.05) is 11.6 Å². The fraction of sp³-hybridized carbons (Fsp3) is 0.500. The molecule has 1 aromatic carbocycles. The molecule has 1 atom stereocenters. The molecule has 0 radical (unpaired) electrons. The second-order valence-electron chi connectivity index (χ2n) is 5.59. The molecule has 1 heterocycles. The summed E-state index contributed by atoms with van der Waals surface area (Å²) in [6.07, 6.45) is 1.72. The number of rotatable bonds is 6. The lowest BCUT2D eigenvalue weighted by molar-refractivity contribution is -0.130. The van der Waals surface area contributed by atoms with Crippen LogP contribution in [0.15, 0.2) is 18.2 Å². The maximum atomic E-state index is 12.0. The predicted octanol–water partition coefficient (Wildman–Crippen LogP) is 2.14. The number of benzene rings is 1. The summed E-state index contributed by atoms with van der Waals surface area (Å²) in [5.74, 6) is 0.320. The molecule has 2 amide bonds. The van der Waals surface area contributed by atoms with Crippen molar-refractivity contribution in [1.29, 1.82) is 0 Å². The molecular weight excluding hydrogens is 304 g/mol. The van der Waals surface area contributed by atoms with Crippen LogP contribution in [-0.4, -0.2) is 36.4 Å². The van der Waals surface area contributed by atoms with Gasteiger partial charge >= 0.3 is 0 Å². The zero-order chi connectivity index (χ0) is 16.1. The van der Waals surface area contributed by atoms with Crippen molar-refractivity contribution >= 4 is 23.4 Å². The quantitative estimate of drug-likeness (QED) is 0.815. The molecule has 22 heavy (non-hydrogen) atoms. The van der Waals surface area contributed by atoms with Gasteiger partial charge in [-0.2, -0.15) is 0 Å². The van der Waals surface area contributed by atoms with Gasteiger partial charge in [0.05, 0.1) is 12.5 Å². The number of halogens is 1. The number of carbonyl (C=O) groups excluding carboxylic acids is 2. The molecule has 120 valence electrons. The summed E-state index contributed by atoms with van der Waals surface area (Å²) >= 11 is 5.89. The molecule has 0 bridgehead atoms. The third kappa shape index (κ3) is 4.37. The van der Waals surface area contributed by atoms with Gasteiger partial charge in [-0.25, -0.2) is 0 Å². The lowest BCUT2D eigenvalue weighted by atomic mass is 10.1. The first kappa shape index (κ1) is 16.6. The first-order valence-corrected chi connectivity index (χ1v) is 7.81. The summed E-state index contributed by atoms with van der Waals surface area (Å²) in [7, 11) is 0. The van der Waals surface area contributed by atoms with Crippen LogP contribution < -0.4 is 10.5 Å². The van der Waals surface area contributed by atoms with Gasteiger partial charge in [0, 0.05) is 24.5 Å².